The minimum absolute atomic E-state index is 0.0495. The van der Waals surface area contributed by atoms with E-state index in [-0.39, 0.29) is 11.4 Å². The zero-order valence-electron chi connectivity index (χ0n) is 12.2. The van der Waals surface area contributed by atoms with Crippen molar-refractivity contribution in [2.45, 2.75) is 25.8 Å². The summed E-state index contributed by atoms with van der Waals surface area (Å²) in [6.45, 7) is 3.95. The fourth-order valence-corrected chi connectivity index (χ4v) is 1.61. The molecule has 0 saturated carbocycles. The van der Waals surface area contributed by atoms with E-state index < -0.39 is 0 Å². The van der Waals surface area contributed by atoms with Crippen LogP contribution in [0.3, 0.4) is 0 Å². The lowest BCUT2D eigenvalue weighted by molar-refractivity contribution is -0.117. The molecule has 0 heterocycles. The second kappa shape index (κ2) is 6.43. The van der Waals surface area contributed by atoms with Gasteiger partial charge in [0.2, 0.25) is 5.91 Å². The molecule has 0 fully saturated rings. The molecule has 5 nitrogen and oxygen atoms in total. The molecular weight excluding hydrogens is 244 g/mol. The predicted octanol–water partition coefficient (Wildman–Crippen LogP) is 2.03. The number of methoxy groups -OCH3 is 2. The molecule has 0 aliphatic rings. The number of hydrogen-bond acceptors (Lipinski definition) is 4. The van der Waals surface area contributed by atoms with Gasteiger partial charge in [0.25, 0.3) is 0 Å². The second-order valence-electron chi connectivity index (χ2n) is 4.93. The molecule has 0 aliphatic carbocycles. The summed E-state index contributed by atoms with van der Waals surface area (Å²) in [5.41, 5.74) is 0.454. The third-order valence-electron chi connectivity index (χ3n) is 2.95. The molecule has 0 radical (unpaired) electrons. The Bertz CT molecular complexity index is 444. The highest BCUT2D eigenvalue weighted by atomic mass is 16.5. The van der Waals surface area contributed by atoms with Gasteiger partial charge in [0.1, 0.15) is 0 Å². The topological polar surface area (TPSA) is 59.6 Å². The minimum Gasteiger partial charge on any atom is -0.493 e. The minimum atomic E-state index is -0.235. The van der Waals surface area contributed by atoms with Crippen molar-refractivity contribution in [3.05, 3.63) is 18.2 Å². The molecule has 0 aromatic heterocycles. The highest BCUT2D eigenvalue weighted by molar-refractivity contribution is 5.91. The second-order valence-corrected chi connectivity index (χ2v) is 4.93. The fourth-order valence-electron chi connectivity index (χ4n) is 1.61. The van der Waals surface area contributed by atoms with Crippen LogP contribution in [0.4, 0.5) is 5.69 Å². The van der Waals surface area contributed by atoms with Gasteiger partial charge in [-0.05, 0) is 33.0 Å². The Kier molecular flexibility index (Phi) is 5.18. The maximum absolute atomic E-state index is 11.9. The number of rotatable bonds is 6. The molecule has 2 N–H and O–H groups in total. The number of amides is 1. The predicted molar refractivity (Wildman–Crippen MR) is 75.9 cm³/mol. The van der Waals surface area contributed by atoms with Crippen molar-refractivity contribution in [3.8, 4) is 11.5 Å². The summed E-state index contributed by atoms with van der Waals surface area (Å²) in [5, 5.41) is 5.94. The Morgan fingerprint density at radius 2 is 1.84 bits per heavy atom. The summed E-state index contributed by atoms with van der Waals surface area (Å²) in [6, 6.07) is 5.28. The standard InChI is InChI=1S/C14H22N2O3/c1-14(2,15-3)9-13(17)16-10-6-7-11(18-4)12(8-10)19-5/h6-8,15H,9H2,1-5H3,(H,16,17). The molecule has 5 heteroatoms. The SMILES string of the molecule is CNC(C)(C)CC(=O)Nc1ccc(OC)c(OC)c1. The lowest BCUT2D eigenvalue weighted by Crippen LogP contribution is -2.39. The van der Waals surface area contributed by atoms with Gasteiger partial charge in [0, 0.05) is 23.7 Å². The molecule has 0 unspecified atom stereocenters. The van der Waals surface area contributed by atoms with Crippen LogP contribution in [0.25, 0.3) is 0 Å². The molecule has 0 aliphatic heterocycles. The maximum atomic E-state index is 11.9. The monoisotopic (exact) mass is 266 g/mol. The zero-order valence-corrected chi connectivity index (χ0v) is 12.2. The molecule has 0 saturated heterocycles. The number of hydrogen-bond donors (Lipinski definition) is 2. The van der Waals surface area contributed by atoms with Gasteiger partial charge >= 0.3 is 0 Å². The van der Waals surface area contributed by atoms with E-state index in [1.807, 2.05) is 20.9 Å². The molecule has 0 spiro atoms. The first-order valence-electron chi connectivity index (χ1n) is 6.12. The van der Waals surface area contributed by atoms with E-state index in [2.05, 4.69) is 10.6 Å². The van der Waals surface area contributed by atoms with Gasteiger partial charge in [-0.25, -0.2) is 0 Å². The van der Waals surface area contributed by atoms with Gasteiger partial charge in [-0.1, -0.05) is 0 Å². The van der Waals surface area contributed by atoms with E-state index in [9.17, 15) is 4.79 Å². The van der Waals surface area contributed by atoms with Crippen molar-refractivity contribution in [2.24, 2.45) is 0 Å². The lowest BCUT2D eigenvalue weighted by Gasteiger charge is -2.23. The van der Waals surface area contributed by atoms with Crippen LogP contribution in [0.5, 0.6) is 11.5 Å². The third-order valence-corrected chi connectivity index (χ3v) is 2.95. The van der Waals surface area contributed by atoms with Crippen LogP contribution in [-0.2, 0) is 4.79 Å². The lowest BCUT2D eigenvalue weighted by atomic mass is 10.0. The Labute approximate surface area is 114 Å². The molecule has 1 rings (SSSR count). The van der Waals surface area contributed by atoms with E-state index in [1.54, 1.807) is 32.4 Å². The van der Waals surface area contributed by atoms with E-state index in [0.717, 1.165) is 0 Å². The van der Waals surface area contributed by atoms with Crippen molar-refractivity contribution in [1.82, 2.24) is 5.32 Å². The number of benzene rings is 1. The largest absolute Gasteiger partial charge is 0.493 e. The van der Waals surface area contributed by atoms with Crippen LogP contribution < -0.4 is 20.1 Å². The number of carbonyl (C=O) groups excluding carboxylic acids is 1. The zero-order chi connectivity index (χ0) is 14.5. The molecule has 0 bridgehead atoms. The first kappa shape index (κ1) is 15.3. The molecule has 106 valence electrons. The number of ether oxygens (including phenoxy) is 2. The molecule has 1 amide bonds. The first-order chi connectivity index (χ1) is 8.91. The Morgan fingerprint density at radius 3 is 2.37 bits per heavy atom. The Morgan fingerprint density at radius 1 is 1.21 bits per heavy atom. The van der Waals surface area contributed by atoms with Gasteiger partial charge in [-0.3, -0.25) is 4.79 Å². The highest BCUT2D eigenvalue weighted by Crippen LogP contribution is 2.29. The van der Waals surface area contributed by atoms with Crippen LogP contribution >= 0.6 is 0 Å². The van der Waals surface area contributed by atoms with Crippen LogP contribution in [0, 0.1) is 0 Å². The van der Waals surface area contributed by atoms with Crippen molar-refractivity contribution in [2.75, 3.05) is 26.6 Å². The van der Waals surface area contributed by atoms with Gasteiger partial charge in [0.15, 0.2) is 11.5 Å². The number of carbonyl (C=O) groups is 1. The van der Waals surface area contributed by atoms with E-state index in [0.29, 0.717) is 23.6 Å². The van der Waals surface area contributed by atoms with Crippen molar-refractivity contribution < 1.29 is 14.3 Å². The summed E-state index contributed by atoms with van der Waals surface area (Å²) < 4.78 is 10.3. The van der Waals surface area contributed by atoms with E-state index >= 15 is 0 Å². The average molecular weight is 266 g/mol. The Balaban J connectivity index is 2.75. The third kappa shape index (κ3) is 4.44. The molecule has 1 aromatic rings. The van der Waals surface area contributed by atoms with Crippen molar-refractivity contribution in [1.29, 1.82) is 0 Å². The van der Waals surface area contributed by atoms with Gasteiger partial charge in [-0.15, -0.1) is 0 Å². The summed E-state index contributed by atoms with van der Waals surface area (Å²) in [5.74, 6) is 1.18. The van der Waals surface area contributed by atoms with Crippen LogP contribution in [0.15, 0.2) is 18.2 Å². The first-order valence-corrected chi connectivity index (χ1v) is 6.12. The van der Waals surface area contributed by atoms with Crippen molar-refractivity contribution >= 4 is 11.6 Å². The Hall–Kier alpha value is -1.75. The normalized spacial score (nSPS) is 11.0. The average Bonchev–Trinajstić information content (AvgIpc) is 2.37. The smallest absolute Gasteiger partial charge is 0.226 e. The summed E-state index contributed by atoms with van der Waals surface area (Å²) >= 11 is 0. The van der Waals surface area contributed by atoms with Crippen molar-refractivity contribution in [3.63, 3.8) is 0 Å². The molecular formula is C14H22N2O3. The molecule has 1 aromatic carbocycles. The molecule has 0 atom stereocenters. The summed E-state index contributed by atoms with van der Waals surface area (Å²) in [7, 11) is 4.98. The van der Waals surface area contributed by atoms with Gasteiger partial charge in [0.05, 0.1) is 14.2 Å². The van der Waals surface area contributed by atoms with Gasteiger partial charge in [-0.2, -0.15) is 0 Å². The maximum Gasteiger partial charge on any atom is 0.226 e. The van der Waals surface area contributed by atoms with Crippen LogP contribution in [-0.4, -0.2) is 32.7 Å². The quantitative estimate of drug-likeness (QED) is 0.827. The fraction of sp³-hybridized carbons (Fsp3) is 0.500. The summed E-state index contributed by atoms with van der Waals surface area (Å²) in [4.78, 5) is 11.9. The molecule has 19 heavy (non-hydrogen) atoms. The van der Waals surface area contributed by atoms with Crippen LogP contribution in [0.1, 0.15) is 20.3 Å². The van der Waals surface area contributed by atoms with Crippen LogP contribution in [0.2, 0.25) is 0 Å². The number of nitrogens with one attached hydrogen (secondary N) is 2. The van der Waals surface area contributed by atoms with Gasteiger partial charge < -0.3 is 20.1 Å². The number of anilines is 1. The van der Waals surface area contributed by atoms with E-state index in [4.69, 9.17) is 9.47 Å². The van der Waals surface area contributed by atoms with E-state index in [1.165, 1.54) is 0 Å². The summed E-state index contributed by atoms with van der Waals surface area (Å²) in [6.07, 6.45) is 0.387. The highest BCUT2D eigenvalue weighted by Gasteiger charge is 2.19.